The second kappa shape index (κ2) is 49.4. The minimum Gasteiger partial charge on any atom is -0.461 e. The van der Waals surface area contributed by atoms with Crippen molar-refractivity contribution >= 4 is 11.9 Å². The Labute approximate surface area is 369 Å². The van der Waals surface area contributed by atoms with Crippen LogP contribution in [0.15, 0.2) is 134 Å². The molecule has 60 heavy (non-hydrogen) atoms. The molecule has 0 rings (SSSR count). The van der Waals surface area contributed by atoms with Gasteiger partial charge in [0.1, 0.15) is 6.61 Å². The van der Waals surface area contributed by atoms with Gasteiger partial charge in [0.15, 0.2) is 6.10 Å². The van der Waals surface area contributed by atoms with Crippen LogP contribution in [0.1, 0.15) is 175 Å². The van der Waals surface area contributed by atoms with E-state index in [1.54, 1.807) is 0 Å². The molecule has 0 amide bonds. The normalized spacial score (nSPS) is 13.4. The molecular formula is C55H86O5. The molecule has 0 aromatic heterocycles. The Hall–Kier alpha value is -3.96. The monoisotopic (exact) mass is 827 g/mol. The summed E-state index contributed by atoms with van der Waals surface area (Å²) in [5.41, 5.74) is 0. The van der Waals surface area contributed by atoms with Crippen molar-refractivity contribution in [2.75, 3.05) is 19.8 Å². The molecule has 0 N–H and O–H groups in total. The molecule has 0 heterocycles. The molecule has 1 unspecified atom stereocenters. The molecule has 0 saturated carbocycles. The van der Waals surface area contributed by atoms with Gasteiger partial charge in [0.2, 0.25) is 0 Å². The highest BCUT2D eigenvalue weighted by Crippen LogP contribution is 2.10. The Morgan fingerprint density at radius 2 is 0.800 bits per heavy atom. The first-order valence-corrected chi connectivity index (χ1v) is 23.7. The first-order valence-electron chi connectivity index (χ1n) is 23.7. The van der Waals surface area contributed by atoms with Crippen LogP contribution in [0.25, 0.3) is 0 Å². The van der Waals surface area contributed by atoms with E-state index in [1.165, 1.54) is 38.5 Å². The van der Waals surface area contributed by atoms with Crippen molar-refractivity contribution in [1.82, 2.24) is 0 Å². The third-order valence-corrected chi connectivity index (χ3v) is 9.17. The van der Waals surface area contributed by atoms with Crippen LogP contribution in [0.5, 0.6) is 0 Å². The summed E-state index contributed by atoms with van der Waals surface area (Å²) < 4.78 is 17.2. The SMILES string of the molecule is CC/C=C\C/C=C\C/C=C\C/C=C\C/C=C\CC(=O)OCC(COCCCCCCCC/C=C\C/C=C\CCC)OC(=O)CCCC/C=C\C/C=C\C/C=C\C/C=C\CC. The number of hydrogen-bond donors (Lipinski definition) is 0. The summed E-state index contributed by atoms with van der Waals surface area (Å²) in [4.78, 5) is 25.3. The molecular weight excluding hydrogens is 741 g/mol. The Balaban J connectivity index is 4.52. The lowest BCUT2D eigenvalue weighted by molar-refractivity contribution is -0.162. The number of carbonyl (C=O) groups excluding carboxylic acids is 2. The fraction of sp³-hybridized carbons (Fsp3) is 0.564. The molecule has 0 fully saturated rings. The molecule has 0 radical (unpaired) electrons. The number of rotatable bonds is 41. The fourth-order valence-electron chi connectivity index (χ4n) is 5.73. The standard InChI is InChI=1S/C55H86O5/c1-4-7-10-13-16-19-22-25-28-30-33-36-39-42-45-48-54(56)59-52-53(51-58-50-47-44-41-38-35-32-27-24-21-18-15-12-9-6-3)60-55(57)49-46-43-40-37-34-31-29-26-23-20-17-14-11-8-5-2/h7-8,10-12,15-17,19-21,24-26,28-29,33-34,36-37,42,45,53H,4-6,9,13-14,18,22-23,27,30-32,35,38-41,43-44,46-52H2,1-3H3/b10-7-,11-8-,15-12-,19-16-,20-17-,24-21-,28-25-,29-26-,36-33-,37-34-,45-42-. The molecule has 0 saturated heterocycles. The predicted molar refractivity (Wildman–Crippen MR) is 260 cm³/mol. The van der Waals surface area contributed by atoms with Crippen LogP contribution in [-0.2, 0) is 23.8 Å². The molecule has 0 aromatic carbocycles. The topological polar surface area (TPSA) is 61.8 Å². The van der Waals surface area contributed by atoms with E-state index in [9.17, 15) is 9.59 Å². The lowest BCUT2D eigenvalue weighted by atomic mass is 10.1. The Morgan fingerprint density at radius 3 is 1.28 bits per heavy atom. The summed E-state index contributed by atoms with van der Waals surface area (Å²) >= 11 is 0. The van der Waals surface area contributed by atoms with Crippen molar-refractivity contribution in [3.63, 3.8) is 0 Å². The predicted octanol–water partition coefficient (Wildman–Crippen LogP) is 16.0. The number of unbranched alkanes of at least 4 members (excludes halogenated alkanes) is 9. The van der Waals surface area contributed by atoms with Gasteiger partial charge in [0.25, 0.3) is 0 Å². The zero-order chi connectivity index (χ0) is 43.5. The van der Waals surface area contributed by atoms with Gasteiger partial charge in [-0.05, 0) is 109 Å². The Bertz CT molecular complexity index is 1300. The minimum absolute atomic E-state index is 0.000700. The van der Waals surface area contributed by atoms with Gasteiger partial charge in [-0.3, -0.25) is 9.59 Å². The van der Waals surface area contributed by atoms with Crippen LogP contribution in [0, 0.1) is 0 Å². The molecule has 5 heteroatoms. The van der Waals surface area contributed by atoms with E-state index in [4.69, 9.17) is 14.2 Å². The van der Waals surface area contributed by atoms with E-state index in [0.717, 1.165) is 103 Å². The number of esters is 2. The molecule has 0 bridgehead atoms. The van der Waals surface area contributed by atoms with Crippen molar-refractivity contribution in [1.29, 1.82) is 0 Å². The molecule has 336 valence electrons. The van der Waals surface area contributed by atoms with Crippen molar-refractivity contribution in [3.8, 4) is 0 Å². The summed E-state index contributed by atoms with van der Waals surface area (Å²) in [7, 11) is 0. The van der Waals surface area contributed by atoms with Crippen molar-refractivity contribution in [2.45, 2.75) is 181 Å². The number of ether oxygens (including phenoxy) is 3. The zero-order valence-corrected chi connectivity index (χ0v) is 38.4. The maximum absolute atomic E-state index is 12.7. The van der Waals surface area contributed by atoms with E-state index in [-0.39, 0.29) is 31.6 Å². The van der Waals surface area contributed by atoms with Gasteiger partial charge in [0, 0.05) is 13.0 Å². The number of allylic oxidation sites excluding steroid dienone is 21. The van der Waals surface area contributed by atoms with Crippen molar-refractivity contribution in [3.05, 3.63) is 134 Å². The summed E-state index contributed by atoms with van der Waals surface area (Å²) in [5.74, 6) is -0.611. The fourth-order valence-corrected chi connectivity index (χ4v) is 5.73. The first kappa shape index (κ1) is 56.0. The average Bonchev–Trinajstić information content (AvgIpc) is 3.25. The van der Waals surface area contributed by atoms with Gasteiger partial charge in [-0.15, -0.1) is 0 Å². The molecule has 0 aliphatic carbocycles. The quantitative estimate of drug-likeness (QED) is 0.0349. The van der Waals surface area contributed by atoms with Crippen LogP contribution in [0.2, 0.25) is 0 Å². The molecule has 0 aromatic rings. The highest BCUT2D eigenvalue weighted by Gasteiger charge is 2.17. The zero-order valence-electron chi connectivity index (χ0n) is 38.4. The average molecular weight is 827 g/mol. The van der Waals surface area contributed by atoms with Gasteiger partial charge < -0.3 is 14.2 Å². The van der Waals surface area contributed by atoms with Crippen LogP contribution in [0.4, 0.5) is 0 Å². The van der Waals surface area contributed by atoms with E-state index < -0.39 is 6.10 Å². The molecule has 0 aliphatic heterocycles. The smallest absolute Gasteiger partial charge is 0.309 e. The van der Waals surface area contributed by atoms with Gasteiger partial charge in [0.05, 0.1) is 13.0 Å². The molecule has 5 nitrogen and oxygen atoms in total. The number of hydrogen-bond acceptors (Lipinski definition) is 5. The number of carbonyl (C=O) groups is 2. The van der Waals surface area contributed by atoms with Gasteiger partial charge in [-0.25, -0.2) is 0 Å². The minimum atomic E-state index is -0.612. The van der Waals surface area contributed by atoms with Crippen molar-refractivity contribution < 1.29 is 23.8 Å². The van der Waals surface area contributed by atoms with Gasteiger partial charge in [-0.1, -0.05) is 187 Å². The van der Waals surface area contributed by atoms with Crippen LogP contribution >= 0.6 is 0 Å². The maximum atomic E-state index is 12.7. The van der Waals surface area contributed by atoms with E-state index >= 15 is 0 Å². The van der Waals surface area contributed by atoms with E-state index in [1.807, 2.05) is 12.2 Å². The largest absolute Gasteiger partial charge is 0.461 e. The third-order valence-electron chi connectivity index (χ3n) is 9.17. The van der Waals surface area contributed by atoms with Crippen LogP contribution < -0.4 is 0 Å². The van der Waals surface area contributed by atoms with Crippen molar-refractivity contribution in [2.24, 2.45) is 0 Å². The second-order valence-electron chi connectivity index (χ2n) is 14.9. The summed E-state index contributed by atoms with van der Waals surface area (Å²) in [5, 5.41) is 0. The maximum Gasteiger partial charge on any atom is 0.309 e. The van der Waals surface area contributed by atoms with Crippen LogP contribution in [0.3, 0.4) is 0 Å². The summed E-state index contributed by atoms with van der Waals surface area (Å²) in [6.07, 6.45) is 70.5. The van der Waals surface area contributed by atoms with Gasteiger partial charge >= 0.3 is 11.9 Å². The molecule has 0 aliphatic rings. The Kier molecular flexibility index (Phi) is 46.1. The molecule has 0 spiro atoms. The highest BCUT2D eigenvalue weighted by atomic mass is 16.6. The first-order chi connectivity index (χ1) is 29.6. The lowest BCUT2D eigenvalue weighted by Gasteiger charge is -2.18. The molecule has 1 atom stereocenters. The lowest BCUT2D eigenvalue weighted by Crippen LogP contribution is -2.30. The third kappa shape index (κ3) is 46.7. The van der Waals surface area contributed by atoms with E-state index in [0.29, 0.717) is 13.0 Å². The van der Waals surface area contributed by atoms with E-state index in [2.05, 4.69) is 142 Å². The van der Waals surface area contributed by atoms with Crippen LogP contribution in [-0.4, -0.2) is 37.9 Å². The summed E-state index contributed by atoms with van der Waals surface area (Å²) in [6.45, 7) is 7.33. The Morgan fingerprint density at radius 1 is 0.400 bits per heavy atom. The second-order valence-corrected chi connectivity index (χ2v) is 14.9. The highest BCUT2D eigenvalue weighted by molar-refractivity contribution is 5.71. The summed E-state index contributed by atoms with van der Waals surface area (Å²) in [6, 6.07) is 0. The van der Waals surface area contributed by atoms with Gasteiger partial charge in [-0.2, -0.15) is 0 Å².